The van der Waals surface area contributed by atoms with Crippen LogP contribution in [0.5, 0.6) is 5.75 Å². The van der Waals surface area contributed by atoms with Gasteiger partial charge in [0.05, 0.1) is 5.69 Å². The topological polar surface area (TPSA) is 19.0 Å². The molecule has 1 aromatic carbocycles. The van der Waals surface area contributed by atoms with Crippen LogP contribution < -0.4 is 9.47 Å². The molecule has 1 unspecified atom stereocenters. The van der Waals surface area contributed by atoms with Crippen LogP contribution in [-0.2, 0) is 0 Å². The number of para-hydroxylation sites is 2. The van der Waals surface area contributed by atoms with E-state index in [9.17, 15) is 0 Å². The Bertz CT molecular complexity index is 812. The van der Waals surface area contributed by atoms with Crippen molar-refractivity contribution in [1.82, 2.24) is 9.80 Å². The van der Waals surface area contributed by atoms with Gasteiger partial charge in [-0.3, -0.25) is 0 Å². The van der Waals surface area contributed by atoms with Gasteiger partial charge in [0.15, 0.2) is 0 Å². The Kier molecular flexibility index (Phi) is 1.82. The molecule has 0 N–H and O–H groups in total. The van der Waals surface area contributed by atoms with Gasteiger partial charge >= 0.3 is 7.05 Å². The zero-order valence-corrected chi connectivity index (χ0v) is 12.5. The predicted molar refractivity (Wildman–Crippen MR) is 85.7 cm³/mol. The smallest absolute Gasteiger partial charge is 0.527 e. The van der Waals surface area contributed by atoms with Gasteiger partial charge in [-0.15, -0.1) is 0 Å². The molecular weight excluding hydrogens is 273 g/mol. The monoisotopic (exact) mass is 289 g/mol. The van der Waals surface area contributed by atoms with Crippen molar-refractivity contribution in [2.45, 2.75) is 25.4 Å². The summed E-state index contributed by atoms with van der Waals surface area (Å²) in [6, 6.07) is 8.39. The number of fused-ring (bicyclic) bond motifs is 5. The third-order valence-electron chi connectivity index (χ3n) is 5.53. The quantitative estimate of drug-likeness (QED) is 0.683. The van der Waals surface area contributed by atoms with E-state index in [1.807, 2.05) is 0 Å². The standard InChI is InChI=1S/C17H16BN3O/c1-19-10-16-20-15(19)9-11-5-4-6-12(17(11)20)18-21(16)13-7-2-3-8-14(13)22-18/h2-3,6-8,10,15H,4-5,9H2,1H3. The third kappa shape index (κ3) is 1.11. The number of rotatable bonds is 0. The summed E-state index contributed by atoms with van der Waals surface area (Å²) in [7, 11) is 2.20. The zero-order valence-electron chi connectivity index (χ0n) is 12.5. The molecule has 1 fully saturated rings. The Labute approximate surface area is 130 Å². The van der Waals surface area contributed by atoms with Gasteiger partial charge in [-0.25, -0.2) is 0 Å². The highest BCUT2D eigenvalue weighted by Crippen LogP contribution is 2.54. The summed E-state index contributed by atoms with van der Waals surface area (Å²) in [6.45, 7) is 0. The average Bonchev–Trinajstić information content (AvgIpc) is 3.18. The maximum atomic E-state index is 6.33. The first-order valence-corrected chi connectivity index (χ1v) is 8.03. The van der Waals surface area contributed by atoms with Crippen molar-refractivity contribution < 1.29 is 4.65 Å². The second-order valence-corrected chi connectivity index (χ2v) is 6.67. The molecule has 4 nitrogen and oxygen atoms in total. The summed E-state index contributed by atoms with van der Waals surface area (Å²) in [5.41, 5.74) is 5.61. The molecule has 0 amide bonds. The highest BCUT2D eigenvalue weighted by Gasteiger charge is 2.56. The first kappa shape index (κ1) is 11.3. The van der Waals surface area contributed by atoms with Gasteiger partial charge in [-0.2, -0.15) is 0 Å². The van der Waals surface area contributed by atoms with Crippen LogP contribution >= 0.6 is 0 Å². The molecule has 6 rings (SSSR count). The van der Waals surface area contributed by atoms with Crippen LogP contribution in [0.4, 0.5) is 5.69 Å². The lowest BCUT2D eigenvalue weighted by atomic mass is 9.65. The van der Waals surface area contributed by atoms with E-state index in [0.29, 0.717) is 6.17 Å². The zero-order chi connectivity index (χ0) is 14.4. The van der Waals surface area contributed by atoms with Crippen LogP contribution in [0.2, 0.25) is 0 Å². The molecule has 0 bridgehead atoms. The predicted octanol–water partition coefficient (Wildman–Crippen LogP) is 2.68. The molecule has 1 aliphatic carbocycles. The SMILES string of the molecule is CN1C=C2N3B(Oc4ccccc43)C3=CCCC4=C3N2C1C4. The fraction of sp³-hybridized carbons (Fsp3) is 0.294. The van der Waals surface area contributed by atoms with Crippen LogP contribution in [0.15, 0.2) is 59.1 Å². The molecule has 4 aliphatic heterocycles. The highest BCUT2D eigenvalue weighted by molar-refractivity contribution is 6.69. The van der Waals surface area contributed by atoms with Gasteiger partial charge in [0.1, 0.15) is 17.7 Å². The Balaban J connectivity index is 1.62. The van der Waals surface area contributed by atoms with E-state index in [1.54, 1.807) is 5.57 Å². The van der Waals surface area contributed by atoms with Crippen molar-refractivity contribution in [3.8, 4) is 5.75 Å². The third-order valence-corrected chi connectivity index (χ3v) is 5.53. The van der Waals surface area contributed by atoms with Crippen molar-refractivity contribution in [2.75, 3.05) is 11.9 Å². The molecule has 4 heterocycles. The van der Waals surface area contributed by atoms with Crippen LogP contribution in [0, 0.1) is 0 Å². The first-order chi connectivity index (χ1) is 10.8. The minimum Gasteiger partial charge on any atom is -0.536 e. The van der Waals surface area contributed by atoms with E-state index in [0.717, 1.165) is 18.6 Å². The normalized spacial score (nSPS) is 26.7. The minimum absolute atomic E-state index is 0.00968. The van der Waals surface area contributed by atoms with E-state index in [1.165, 1.54) is 29.1 Å². The summed E-state index contributed by atoms with van der Waals surface area (Å²) in [6.07, 6.45) is 8.62. The Hall–Kier alpha value is -2.30. The number of anilines is 1. The molecule has 5 aliphatic rings. The van der Waals surface area contributed by atoms with Gasteiger partial charge in [0, 0.05) is 30.8 Å². The fourth-order valence-electron chi connectivity index (χ4n) is 4.61. The summed E-state index contributed by atoms with van der Waals surface area (Å²) in [4.78, 5) is 7.26. The maximum Gasteiger partial charge on any atom is 0.527 e. The molecule has 0 spiro atoms. The Morgan fingerprint density at radius 2 is 2.18 bits per heavy atom. The van der Waals surface area contributed by atoms with Crippen LogP contribution in [0.3, 0.4) is 0 Å². The summed E-state index contributed by atoms with van der Waals surface area (Å²) >= 11 is 0. The maximum absolute atomic E-state index is 6.33. The van der Waals surface area contributed by atoms with Crippen molar-refractivity contribution in [1.29, 1.82) is 0 Å². The number of allylic oxidation sites excluding steroid dienone is 2. The molecule has 1 atom stereocenters. The largest absolute Gasteiger partial charge is 0.536 e. The minimum atomic E-state index is 0.00968. The summed E-state index contributed by atoms with van der Waals surface area (Å²) in [5, 5.41) is 0. The van der Waals surface area contributed by atoms with Crippen LogP contribution in [-0.4, -0.2) is 30.1 Å². The average molecular weight is 289 g/mol. The van der Waals surface area contributed by atoms with E-state index < -0.39 is 0 Å². The van der Waals surface area contributed by atoms with Crippen molar-refractivity contribution in [3.05, 3.63) is 59.1 Å². The van der Waals surface area contributed by atoms with Gasteiger partial charge in [-0.05, 0) is 30.5 Å². The number of hydrogen-bond acceptors (Lipinski definition) is 4. The molecule has 1 saturated heterocycles. The molecule has 22 heavy (non-hydrogen) atoms. The van der Waals surface area contributed by atoms with Gasteiger partial charge in [0.2, 0.25) is 0 Å². The fourth-order valence-corrected chi connectivity index (χ4v) is 4.61. The number of hydrogen-bond donors (Lipinski definition) is 0. The van der Waals surface area contributed by atoms with Crippen molar-refractivity contribution in [2.24, 2.45) is 0 Å². The molecule has 0 saturated carbocycles. The van der Waals surface area contributed by atoms with Gasteiger partial charge in [-0.1, -0.05) is 18.2 Å². The molecule has 0 aromatic heterocycles. The summed E-state index contributed by atoms with van der Waals surface area (Å²) in [5.74, 6) is 2.26. The van der Waals surface area contributed by atoms with Crippen LogP contribution in [0.25, 0.3) is 0 Å². The molecule has 0 radical (unpaired) electrons. The van der Waals surface area contributed by atoms with Crippen molar-refractivity contribution in [3.63, 3.8) is 0 Å². The first-order valence-electron chi connectivity index (χ1n) is 8.03. The Morgan fingerprint density at radius 1 is 1.27 bits per heavy atom. The van der Waals surface area contributed by atoms with E-state index >= 15 is 0 Å². The lowest BCUT2D eigenvalue weighted by Gasteiger charge is -2.40. The lowest BCUT2D eigenvalue weighted by Crippen LogP contribution is -2.52. The van der Waals surface area contributed by atoms with E-state index in [2.05, 4.69) is 58.2 Å². The van der Waals surface area contributed by atoms with Gasteiger partial charge < -0.3 is 19.3 Å². The molecule has 5 heteroatoms. The van der Waals surface area contributed by atoms with E-state index in [4.69, 9.17) is 4.65 Å². The molecule has 108 valence electrons. The highest BCUT2D eigenvalue weighted by atomic mass is 16.5. The van der Waals surface area contributed by atoms with Gasteiger partial charge in [0.25, 0.3) is 0 Å². The van der Waals surface area contributed by atoms with E-state index in [-0.39, 0.29) is 7.05 Å². The van der Waals surface area contributed by atoms with Crippen molar-refractivity contribution >= 4 is 12.7 Å². The molecular formula is C17H16BN3O. The molecule has 1 aromatic rings. The number of nitrogens with zero attached hydrogens (tertiary/aromatic N) is 3. The number of benzene rings is 1. The second kappa shape index (κ2) is 3.54. The van der Waals surface area contributed by atoms with Crippen LogP contribution in [0.1, 0.15) is 19.3 Å². The Morgan fingerprint density at radius 3 is 3.14 bits per heavy atom. The lowest BCUT2D eigenvalue weighted by molar-refractivity contribution is 0.225. The second-order valence-electron chi connectivity index (χ2n) is 6.67. The summed E-state index contributed by atoms with van der Waals surface area (Å²) < 4.78 is 6.33.